The number of nitrogens with one attached hydrogen (secondary N) is 3. The number of para-hydroxylation sites is 2. The summed E-state index contributed by atoms with van der Waals surface area (Å²) in [6.07, 6.45) is 0. The number of carbonyl (C=O) groups excluding carboxylic acids is 1. The van der Waals surface area contributed by atoms with Crippen molar-refractivity contribution in [2.45, 2.75) is 19.9 Å². The van der Waals surface area contributed by atoms with Gasteiger partial charge in [-0.2, -0.15) is 0 Å². The summed E-state index contributed by atoms with van der Waals surface area (Å²) < 4.78 is 19.9. The molecule has 1 heterocycles. The Morgan fingerprint density at radius 2 is 1.93 bits per heavy atom. The monoisotopic (exact) mass is 385 g/mol. The first-order valence-corrected chi connectivity index (χ1v) is 8.98. The van der Waals surface area contributed by atoms with Crippen LogP contribution in [-0.2, 0) is 4.79 Å². The van der Waals surface area contributed by atoms with E-state index < -0.39 is 11.9 Å². The molecule has 1 atom stereocenters. The largest absolute Gasteiger partial charge is 0.492 e. The predicted molar refractivity (Wildman–Crippen MR) is 107 cm³/mol. The molecule has 1 aliphatic rings. The topological polar surface area (TPSA) is 62.4 Å². The minimum atomic E-state index is -0.695. The Labute approximate surface area is 162 Å². The van der Waals surface area contributed by atoms with E-state index in [-0.39, 0.29) is 5.91 Å². The van der Waals surface area contributed by atoms with Crippen molar-refractivity contribution in [1.29, 1.82) is 0 Å². The zero-order chi connectivity index (χ0) is 19.4. The summed E-state index contributed by atoms with van der Waals surface area (Å²) in [6.45, 7) is 4.09. The predicted octanol–water partition coefficient (Wildman–Crippen LogP) is 3.66. The molecule has 0 unspecified atom stereocenters. The maximum Gasteiger partial charge on any atom is 0.255 e. The highest BCUT2D eigenvalue weighted by Crippen LogP contribution is 2.31. The fraction of sp³-hybridized carbons (Fsp3) is 0.200. The van der Waals surface area contributed by atoms with Gasteiger partial charge in [0.2, 0.25) is 0 Å². The van der Waals surface area contributed by atoms with Gasteiger partial charge in [-0.1, -0.05) is 30.3 Å². The first-order chi connectivity index (χ1) is 13.0. The third kappa shape index (κ3) is 4.09. The summed E-state index contributed by atoms with van der Waals surface area (Å²) in [5.41, 5.74) is 1.83. The van der Waals surface area contributed by atoms with E-state index in [0.717, 1.165) is 0 Å². The lowest BCUT2D eigenvalue weighted by Crippen LogP contribution is -2.46. The average molecular weight is 385 g/mol. The molecular weight excluding hydrogens is 365 g/mol. The van der Waals surface area contributed by atoms with Crippen LogP contribution >= 0.6 is 12.2 Å². The van der Waals surface area contributed by atoms with Gasteiger partial charge in [0.05, 0.1) is 23.9 Å². The van der Waals surface area contributed by atoms with Gasteiger partial charge >= 0.3 is 0 Å². The molecule has 7 heteroatoms. The zero-order valence-corrected chi connectivity index (χ0v) is 15.8. The number of anilines is 1. The van der Waals surface area contributed by atoms with Gasteiger partial charge in [-0.05, 0) is 44.3 Å². The van der Waals surface area contributed by atoms with Crippen molar-refractivity contribution in [3.05, 3.63) is 71.2 Å². The van der Waals surface area contributed by atoms with Crippen LogP contribution in [0.2, 0.25) is 0 Å². The second-order valence-corrected chi connectivity index (χ2v) is 6.38. The maximum absolute atomic E-state index is 14.4. The molecular formula is C20H20FN3O2S. The number of carbonyl (C=O) groups is 1. The van der Waals surface area contributed by atoms with Gasteiger partial charge in [0.1, 0.15) is 11.6 Å². The maximum atomic E-state index is 14.4. The summed E-state index contributed by atoms with van der Waals surface area (Å²) in [6, 6.07) is 12.8. The number of allylic oxidation sites excluding steroid dienone is 1. The van der Waals surface area contributed by atoms with E-state index in [1.165, 1.54) is 6.07 Å². The van der Waals surface area contributed by atoms with Crippen molar-refractivity contribution < 1.29 is 13.9 Å². The van der Waals surface area contributed by atoms with E-state index in [1.54, 1.807) is 43.3 Å². The van der Waals surface area contributed by atoms with E-state index in [0.29, 0.717) is 40.0 Å². The van der Waals surface area contributed by atoms with E-state index in [2.05, 4.69) is 16.0 Å². The molecule has 0 bridgehead atoms. The van der Waals surface area contributed by atoms with E-state index in [9.17, 15) is 9.18 Å². The van der Waals surface area contributed by atoms with Crippen LogP contribution in [0.3, 0.4) is 0 Å². The van der Waals surface area contributed by atoms with Gasteiger partial charge in [0.25, 0.3) is 5.91 Å². The summed E-state index contributed by atoms with van der Waals surface area (Å²) in [4.78, 5) is 13.1. The lowest BCUT2D eigenvalue weighted by atomic mass is 9.94. The molecule has 0 radical (unpaired) electrons. The van der Waals surface area contributed by atoms with Gasteiger partial charge in [0.15, 0.2) is 5.11 Å². The van der Waals surface area contributed by atoms with Crippen molar-refractivity contribution in [3.8, 4) is 5.75 Å². The SMILES string of the molecule is CCOc1ccccc1NC(=O)C1=C(C)NC(=S)N[C@@H]1c1ccccc1F. The lowest BCUT2D eigenvalue weighted by Gasteiger charge is -2.30. The van der Waals surface area contributed by atoms with E-state index in [1.807, 2.05) is 13.0 Å². The molecule has 1 amide bonds. The lowest BCUT2D eigenvalue weighted by molar-refractivity contribution is -0.113. The van der Waals surface area contributed by atoms with Crippen LogP contribution in [0.4, 0.5) is 10.1 Å². The van der Waals surface area contributed by atoms with E-state index >= 15 is 0 Å². The first kappa shape index (κ1) is 18.8. The number of thiocarbonyl (C=S) groups is 1. The van der Waals surface area contributed by atoms with Crippen molar-refractivity contribution in [1.82, 2.24) is 10.6 Å². The van der Waals surface area contributed by atoms with Crippen LogP contribution in [0.25, 0.3) is 0 Å². The van der Waals surface area contributed by atoms with Crippen molar-refractivity contribution in [3.63, 3.8) is 0 Å². The van der Waals surface area contributed by atoms with Gasteiger partial charge in [0, 0.05) is 11.3 Å². The number of amides is 1. The van der Waals surface area contributed by atoms with Gasteiger partial charge < -0.3 is 20.7 Å². The van der Waals surface area contributed by atoms with Crippen molar-refractivity contribution in [2.24, 2.45) is 0 Å². The molecule has 3 rings (SSSR count). The number of rotatable bonds is 5. The highest BCUT2D eigenvalue weighted by Gasteiger charge is 2.31. The third-order valence-corrected chi connectivity index (χ3v) is 4.39. The summed E-state index contributed by atoms with van der Waals surface area (Å²) in [5, 5.41) is 9.13. The normalized spacial score (nSPS) is 16.4. The molecule has 0 aliphatic carbocycles. The van der Waals surface area contributed by atoms with Crippen LogP contribution in [0, 0.1) is 5.82 Å². The molecule has 140 valence electrons. The van der Waals surface area contributed by atoms with E-state index in [4.69, 9.17) is 17.0 Å². The van der Waals surface area contributed by atoms with Crippen LogP contribution in [0.1, 0.15) is 25.5 Å². The molecule has 27 heavy (non-hydrogen) atoms. The number of hydrogen-bond donors (Lipinski definition) is 3. The highest BCUT2D eigenvalue weighted by atomic mass is 32.1. The summed E-state index contributed by atoms with van der Waals surface area (Å²) in [5.74, 6) is -0.204. The fourth-order valence-electron chi connectivity index (χ4n) is 2.98. The Balaban J connectivity index is 1.97. The Bertz CT molecular complexity index is 914. The molecule has 0 fully saturated rings. The molecule has 0 aromatic heterocycles. The molecule has 0 spiro atoms. The minimum absolute atomic E-state index is 0.340. The van der Waals surface area contributed by atoms with Crippen LogP contribution in [-0.4, -0.2) is 17.6 Å². The van der Waals surface area contributed by atoms with Crippen LogP contribution < -0.4 is 20.7 Å². The molecule has 5 nitrogen and oxygen atoms in total. The fourth-order valence-corrected chi connectivity index (χ4v) is 3.25. The molecule has 3 N–H and O–H groups in total. The quantitative estimate of drug-likeness (QED) is 0.686. The Kier molecular flexibility index (Phi) is 5.71. The number of benzene rings is 2. The molecule has 0 saturated carbocycles. The zero-order valence-electron chi connectivity index (χ0n) is 15.0. The van der Waals surface area contributed by atoms with Crippen molar-refractivity contribution >= 4 is 28.9 Å². The van der Waals surface area contributed by atoms with Gasteiger partial charge in [-0.3, -0.25) is 4.79 Å². The number of hydrogen-bond acceptors (Lipinski definition) is 3. The second-order valence-electron chi connectivity index (χ2n) is 5.97. The van der Waals surface area contributed by atoms with Gasteiger partial charge in [-0.15, -0.1) is 0 Å². The molecule has 2 aromatic carbocycles. The summed E-state index contributed by atoms with van der Waals surface area (Å²) in [7, 11) is 0. The molecule has 2 aromatic rings. The smallest absolute Gasteiger partial charge is 0.255 e. The minimum Gasteiger partial charge on any atom is -0.492 e. The second kappa shape index (κ2) is 8.18. The van der Waals surface area contributed by atoms with Crippen LogP contribution in [0.15, 0.2) is 59.8 Å². The Morgan fingerprint density at radius 3 is 2.67 bits per heavy atom. The standard InChI is InChI=1S/C20H20FN3O2S/c1-3-26-16-11-7-6-10-15(16)23-19(25)17-12(2)22-20(27)24-18(17)13-8-4-5-9-14(13)21/h4-11,18H,3H2,1-2H3,(H,23,25)(H2,22,24,27)/t18-/m1/s1. The highest BCUT2D eigenvalue weighted by molar-refractivity contribution is 7.80. The Hall–Kier alpha value is -2.93. The Morgan fingerprint density at radius 1 is 1.22 bits per heavy atom. The van der Waals surface area contributed by atoms with Crippen LogP contribution in [0.5, 0.6) is 5.75 Å². The van der Waals surface area contributed by atoms with Crippen molar-refractivity contribution in [2.75, 3.05) is 11.9 Å². The summed E-state index contributed by atoms with van der Waals surface area (Å²) >= 11 is 5.20. The molecule has 0 saturated heterocycles. The average Bonchev–Trinajstić information content (AvgIpc) is 2.63. The molecule has 1 aliphatic heterocycles. The third-order valence-electron chi connectivity index (χ3n) is 4.17. The van der Waals surface area contributed by atoms with Gasteiger partial charge in [-0.25, -0.2) is 4.39 Å². The first-order valence-electron chi connectivity index (χ1n) is 8.57. The number of ether oxygens (including phenoxy) is 1. The number of halogens is 1.